The Morgan fingerprint density at radius 3 is 2.54 bits per heavy atom. The fourth-order valence-corrected chi connectivity index (χ4v) is 2.25. The first-order valence-corrected chi connectivity index (χ1v) is 7.57. The molecule has 5 nitrogen and oxygen atoms in total. The number of halogens is 1. The van der Waals surface area contributed by atoms with E-state index in [9.17, 15) is 9.18 Å². The molecule has 122 valence electrons. The van der Waals surface area contributed by atoms with Gasteiger partial charge in [0.05, 0.1) is 30.7 Å². The van der Waals surface area contributed by atoms with E-state index in [2.05, 4.69) is 10.1 Å². The van der Waals surface area contributed by atoms with Crippen molar-refractivity contribution < 1.29 is 9.13 Å². The summed E-state index contributed by atoms with van der Waals surface area (Å²) < 4.78 is 19.7. The van der Waals surface area contributed by atoms with Gasteiger partial charge in [0, 0.05) is 11.6 Å². The van der Waals surface area contributed by atoms with Crippen molar-refractivity contribution in [3.8, 4) is 17.0 Å². The third-order valence-electron chi connectivity index (χ3n) is 3.43. The monoisotopic (exact) mass is 325 g/mol. The summed E-state index contributed by atoms with van der Waals surface area (Å²) in [6, 6.07) is 12.6. The first-order valence-electron chi connectivity index (χ1n) is 7.57. The van der Waals surface area contributed by atoms with Crippen LogP contribution in [0, 0.1) is 5.82 Å². The van der Waals surface area contributed by atoms with Gasteiger partial charge in [-0.3, -0.25) is 9.78 Å². The van der Waals surface area contributed by atoms with Crippen LogP contribution in [-0.2, 0) is 6.54 Å². The highest BCUT2D eigenvalue weighted by atomic mass is 19.1. The van der Waals surface area contributed by atoms with Crippen LogP contribution < -0.4 is 10.3 Å². The Morgan fingerprint density at radius 1 is 1.08 bits per heavy atom. The summed E-state index contributed by atoms with van der Waals surface area (Å²) in [6.07, 6.45) is 1.62. The molecule has 24 heavy (non-hydrogen) atoms. The largest absolute Gasteiger partial charge is 0.492 e. The number of benzene rings is 1. The fraction of sp³-hybridized carbons (Fsp3) is 0.167. The van der Waals surface area contributed by atoms with Crippen molar-refractivity contribution in [2.24, 2.45) is 0 Å². The highest BCUT2D eigenvalue weighted by Crippen LogP contribution is 2.16. The minimum absolute atomic E-state index is 0.225. The lowest BCUT2D eigenvalue weighted by molar-refractivity contribution is 0.338. The van der Waals surface area contributed by atoms with Crippen LogP contribution in [0.4, 0.5) is 4.39 Å². The smallest absolute Gasteiger partial charge is 0.267 e. The Balaban J connectivity index is 1.86. The zero-order valence-corrected chi connectivity index (χ0v) is 13.1. The number of pyridine rings is 1. The SMILES string of the molecule is CCOc1ccc(Cn2nc(-c3ccc(F)cc3)ccc2=O)nc1. The summed E-state index contributed by atoms with van der Waals surface area (Å²) in [5.74, 6) is 0.368. The normalized spacial score (nSPS) is 10.6. The fourth-order valence-electron chi connectivity index (χ4n) is 2.25. The van der Waals surface area contributed by atoms with Crippen molar-refractivity contribution in [3.63, 3.8) is 0 Å². The maximum absolute atomic E-state index is 13.0. The lowest BCUT2D eigenvalue weighted by atomic mass is 10.1. The molecule has 1 aromatic carbocycles. The summed E-state index contributed by atoms with van der Waals surface area (Å²) in [5.41, 5.74) is 1.81. The number of hydrogen-bond acceptors (Lipinski definition) is 4. The van der Waals surface area contributed by atoms with Gasteiger partial charge in [0.25, 0.3) is 5.56 Å². The second kappa shape index (κ2) is 7.04. The van der Waals surface area contributed by atoms with Crippen LogP contribution in [0.1, 0.15) is 12.6 Å². The molecule has 0 N–H and O–H groups in total. The van der Waals surface area contributed by atoms with Gasteiger partial charge in [-0.1, -0.05) is 0 Å². The van der Waals surface area contributed by atoms with Crippen LogP contribution in [-0.4, -0.2) is 21.4 Å². The topological polar surface area (TPSA) is 57.0 Å². The van der Waals surface area contributed by atoms with Gasteiger partial charge in [-0.15, -0.1) is 0 Å². The maximum Gasteiger partial charge on any atom is 0.267 e. The number of aromatic nitrogens is 3. The Hall–Kier alpha value is -3.02. The zero-order chi connectivity index (χ0) is 16.9. The molecule has 0 fully saturated rings. The van der Waals surface area contributed by atoms with E-state index in [0.29, 0.717) is 23.7 Å². The van der Waals surface area contributed by atoms with Crippen molar-refractivity contribution in [1.82, 2.24) is 14.8 Å². The molecule has 0 saturated heterocycles. The highest BCUT2D eigenvalue weighted by Gasteiger charge is 2.06. The third kappa shape index (κ3) is 3.65. The van der Waals surface area contributed by atoms with Crippen LogP contribution in [0.2, 0.25) is 0 Å². The first-order chi connectivity index (χ1) is 11.7. The highest BCUT2D eigenvalue weighted by molar-refractivity contribution is 5.57. The van der Waals surface area contributed by atoms with Crippen LogP contribution in [0.3, 0.4) is 0 Å². The predicted molar refractivity (Wildman–Crippen MR) is 88.4 cm³/mol. The van der Waals surface area contributed by atoms with Gasteiger partial charge < -0.3 is 4.74 Å². The minimum atomic E-state index is -0.314. The molecule has 0 bridgehead atoms. The maximum atomic E-state index is 13.0. The second-order valence-corrected chi connectivity index (χ2v) is 5.14. The summed E-state index contributed by atoms with van der Waals surface area (Å²) in [7, 11) is 0. The van der Waals surface area contributed by atoms with E-state index in [1.807, 2.05) is 6.92 Å². The summed E-state index contributed by atoms with van der Waals surface area (Å²) >= 11 is 0. The van der Waals surface area contributed by atoms with E-state index in [0.717, 1.165) is 5.56 Å². The van der Waals surface area contributed by atoms with Gasteiger partial charge in [0.15, 0.2) is 0 Å². The van der Waals surface area contributed by atoms with Gasteiger partial charge in [0.1, 0.15) is 11.6 Å². The average Bonchev–Trinajstić information content (AvgIpc) is 2.60. The molecule has 0 atom stereocenters. The molecule has 0 aliphatic carbocycles. The van der Waals surface area contributed by atoms with E-state index in [1.54, 1.807) is 36.5 Å². The van der Waals surface area contributed by atoms with Gasteiger partial charge >= 0.3 is 0 Å². The van der Waals surface area contributed by atoms with Crippen LogP contribution in [0.5, 0.6) is 5.75 Å². The number of hydrogen-bond donors (Lipinski definition) is 0. The number of nitrogens with zero attached hydrogens (tertiary/aromatic N) is 3. The Morgan fingerprint density at radius 2 is 1.88 bits per heavy atom. The molecule has 0 spiro atoms. The molecule has 6 heteroatoms. The first kappa shape index (κ1) is 15.9. The molecule has 0 aliphatic rings. The van der Waals surface area contributed by atoms with Gasteiger partial charge in [0.2, 0.25) is 0 Å². The second-order valence-electron chi connectivity index (χ2n) is 5.14. The molecular weight excluding hydrogens is 309 g/mol. The molecule has 0 saturated carbocycles. The van der Waals surface area contributed by atoms with Crippen molar-refractivity contribution >= 4 is 0 Å². The van der Waals surface area contributed by atoms with Crippen molar-refractivity contribution in [2.75, 3.05) is 6.61 Å². The third-order valence-corrected chi connectivity index (χ3v) is 3.43. The van der Waals surface area contributed by atoms with Gasteiger partial charge in [-0.05, 0) is 49.4 Å². The lowest BCUT2D eigenvalue weighted by Gasteiger charge is -2.08. The van der Waals surface area contributed by atoms with Gasteiger partial charge in [-0.2, -0.15) is 5.10 Å². The van der Waals surface area contributed by atoms with Crippen LogP contribution in [0.15, 0.2) is 59.5 Å². The molecular formula is C18H16FN3O2. The summed E-state index contributed by atoms with van der Waals surface area (Å²) in [5, 5.41) is 4.34. The molecule has 3 aromatic rings. The molecule has 0 radical (unpaired) electrons. The summed E-state index contributed by atoms with van der Waals surface area (Å²) in [6.45, 7) is 2.72. The molecule has 0 unspecified atom stereocenters. The quantitative estimate of drug-likeness (QED) is 0.724. The van der Waals surface area contributed by atoms with Crippen molar-refractivity contribution in [2.45, 2.75) is 13.5 Å². The van der Waals surface area contributed by atoms with E-state index in [1.165, 1.54) is 22.9 Å². The van der Waals surface area contributed by atoms with E-state index < -0.39 is 0 Å². The predicted octanol–water partition coefficient (Wildman–Crippen LogP) is 2.89. The van der Waals surface area contributed by atoms with Gasteiger partial charge in [-0.25, -0.2) is 9.07 Å². The van der Waals surface area contributed by atoms with Crippen LogP contribution in [0.25, 0.3) is 11.3 Å². The number of rotatable bonds is 5. The zero-order valence-electron chi connectivity index (χ0n) is 13.1. The summed E-state index contributed by atoms with van der Waals surface area (Å²) in [4.78, 5) is 16.3. The molecule has 2 heterocycles. The van der Waals surface area contributed by atoms with E-state index in [4.69, 9.17) is 4.74 Å². The average molecular weight is 325 g/mol. The molecule has 0 aliphatic heterocycles. The van der Waals surface area contributed by atoms with Crippen molar-refractivity contribution in [3.05, 3.63) is 76.6 Å². The Labute approximate surface area is 138 Å². The minimum Gasteiger partial charge on any atom is -0.492 e. The van der Waals surface area contributed by atoms with Crippen LogP contribution >= 0.6 is 0 Å². The lowest BCUT2D eigenvalue weighted by Crippen LogP contribution is -2.23. The Bertz CT molecular complexity index is 874. The van der Waals surface area contributed by atoms with E-state index in [-0.39, 0.29) is 17.9 Å². The number of ether oxygens (including phenoxy) is 1. The van der Waals surface area contributed by atoms with E-state index >= 15 is 0 Å². The molecule has 2 aromatic heterocycles. The Kier molecular flexibility index (Phi) is 4.65. The van der Waals surface area contributed by atoms with Crippen molar-refractivity contribution in [1.29, 1.82) is 0 Å². The standard InChI is InChI=1S/C18H16FN3O2/c1-2-24-16-8-7-15(20-11-16)12-22-18(23)10-9-17(21-22)13-3-5-14(19)6-4-13/h3-11H,2,12H2,1H3. The molecule has 3 rings (SSSR count). The molecule has 0 amide bonds.